The molecule has 0 saturated heterocycles. The lowest BCUT2D eigenvalue weighted by Crippen LogP contribution is -1.93. The van der Waals surface area contributed by atoms with Crippen LogP contribution in [0.5, 0.6) is 0 Å². The van der Waals surface area contributed by atoms with Crippen LogP contribution >= 0.6 is 0 Å². The van der Waals surface area contributed by atoms with Crippen LogP contribution in [0.25, 0.3) is 5.57 Å². The van der Waals surface area contributed by atoms with Gasteiger partial charge in [-0.15, -0.1) is 0 Å². The highest BCUT2D eigenvalue weighted by Crippen LogP contribution is 2.16. The Morgan fingerprint density at radius 3 is 2.27 bits per heavy atom. The molecule has 0 N–H and O–H groups in total. The van der Waals surface area contributed by atoms with E-state index in [-0.39, 0.29) is 0 Å². The topological polar surface area (TPSA) is 0 Å². The van der Waals surface area contributed by atoms with Gasteiger partial charge in [-0.1, -0.05) is 51.1 Å². The van der Waals surface area contributed by atoms with Gasteiger partial charge in [0.15, 0.2) is 0 Å². The Morgan fingerprint density at radius 2 is 1.80 bits per heavy atom. The van der Waals surface area contributed by atoms with Crippen molar-refractivity contribution in [2.24, 2.45) is 5.92 Å². The summed E-state index contributed by atoms with van der Waals surface area (Å²) in [6.07, 6.45) is 4.56. The first-order valence-corrected chi connectivity index (χ1v) is 5.89. The highest BCUT2D eigenvalue weighted by atomic mass is 14.0. The van der Waals surface area contributed by atoms with E-state index in [4.69, 9.17) is 0 Å². The number of benzene rings is 1. The molecule has 0 nitrogen and oxygen atoms in total. The van der Waals surface area contributed by atoms with E-state index in [1.165, 1.54) is 23.1 Å². The minimum atomic E-state index is 0.739. The zero-order valence-electron chi connectivity index (χ0n) is 10.4. The van der Waals surface area contributed by atoms with E-state index in [0.717, 1.165) is 12.3 Å². The van der Waals surface area contributed by atoms with E-state index in [1.807, 2.05) is 0 Å². The maximum Gasteiger partial charge on any atom is -0.0230 e. The molecule has 1 rings (SSSR count). The van der Waals surface area contributed by atoms with E-state index >= 15 is 0 Å². The van der Waals surface area contributed by atoms with Gasteiger partial charge in [-0.25, -0.2) is 0 Å². The molecular formula is C15H22. The molecule has 0 radical (unpaired) electrons. The average molecular weight is 202 g/mol. The van der Waals surface area contributed by atoms with Crippen LogP contribution < -0.4 is 0 Å². The first kappa shape index (κ1) is 12.0. The monoisotopic (exact) mass is 202 g/mol. The third-order valence-electron chi connectivity index (χ3n) is 2.56. The van der Waals surface area contributed by atoms with Gasteiger partial charge in [0.1, 0.15) is 0 Å². The molecule has 0 heteroatoms. The van der Waals surface area contributed by atoms with Crippen LogP contribution in [0.2, 0.25) is 0 Å². The third kappa shape index (κ3) is 3.91. The lowest BCUT2D eigenvalue weighted by Gasteiger charge is -2.06. The Labute approximate surface area is 94.0 Å². The second kappa shape index (κ2) is 5.75. The zero-order valence-corrected chi connectivity index (χ0v) is 10.4. The summed E-state index contributed by atoms with van der Waals surface area (Å²) in [6, 6.07) is 8.98. The molecule has 15 heavy (non-hydrogen) atoms. The van der Waals surface area contributed by atoms with Gasteiger partial charge in [0.25, 0.3) is 0 Å². The molecule has 1 aromatic rings. The van der Waals surface area contributed by atoms with Gasteiger partial charge in [-0.2, -0.15) is 0 Å². The highest BCUT2D eigenvalue weighted by molar-refractivity contribution is 5.63. The number of allylic oxidation sites excluding steroid dienone is 2. The van der Waals surface area contributed by atoms with Gasteiger partial charge in [0, 0.05) is 0 Å². The molecule has 0 bridgehead atoms. The van der Waals surface area contributed by atoms with Gasteiger partial charge in [0.2, 0.25) is 0 Å². The summed E-state index contributed by atoms with van der Waals surface area (Å²) in [5, 5.41) is 0. The summed E-state index contributed by atoms with van der Waals surface area (Å²) >= 11 is 0. The smallest absolute Gasteiger partial charge is 0.0230 e. The SMILES string of the molecule is CCC=C(C)c1ccc(CC(C)C)cc1. The predicted molar refractivity (Wildman–Crippen MR) is 68.9 cm³/mol. The molecule has 0 spiro atoms. The van der Waals surface area contributed by atoms with Crippen LogP contribution in [0.1, 0.15) is 45.2 Å². The Balaban J connectivity index is 2.76. The van der Waals surface area contributed by atoms with Gasteiger partial charge in [-0.3, -0.25) is 0 Å². The fourth-order valence-electron chi connectivity index (χ4n) is 1.80. The van der Waals surface area contributed by atoms with Crippen molar-refractivity contribution in [3.63, 3.8) is 0 Å². The van der Waals surface area contributed by atoms with Crippen LogP contribution in [0.3, 0.4) is 0 Å². The summed E-state index contributed by atoms with van der Waals surface area (Å²) in [7, 11) is 0. The van der Waals surface area contributed by atoms with E-state index < -0.39 is 0 Å². The van der Waals surface area contributed by atoms with Crippen molar-refractivity contribution < 1.29 is 0 Å². The molecule has 0 aromatic heterocycles. The largest absolute Gasteiger partial charge is 0.0813 e. The zero-order chi connectivity index (χ0) is 11.3. The standard InChI is InChI=1S/C15H22/c1-5-6-13(4)15-9-7-14(8-10-15)11-12(2)3/h6-10,12H,5,11H2,1-4H3. The molecule has 0 saturated carbocycles. The van der Waals surface area contributed by atoms with Crippen molar-refractivity contribution in [1.29, 1.82) is 0 Å². The summed E-state index contributed by atoms with van der Waals surface area (Å²) in [4.78, 5) is 0. The van der Waals surface area contributed by atoms with Gasteiger partial charge in [-0.05, 0) is 42.4 Å². The van der Waals surface area contributed by atoms with E-state index in [1.54, 1.807) is 0 Å². The Morgan fingerprint density at radius 1 is 1.20 bits per heavy atom. The highest BCUT2D eigenvalue weighted by Gasteiger charge is 1.98. The summed E-state index contributed by atoms with van der Waals surface area (Å²) in [5.74, 6) is 0.739. The first-order valence-electron chi connectivity index (χ1n) is 5.89. The van der Waals surface area contributed by atoms with Crippen molar-refractivity contribution >= 4 is 5.57 Å². The van der Waals surface area contributed by atoms with Crippen LogP contribution in [0, 0.1) is 5.92 Å². The molecular weight excluding hydrogens is 180 g/mol. The molecule has 0 atom stereocenters. The van der Waals surface area contributed by atoms with E-state index in [2.05, 4.69) is 58.0 Å². The normalized spacial score (nSPS) is 12.2. The molecule has 0 unspecified atom stereocenters. The summed E-state index contributed by atoms with van der Waals surface area (Å²) in [5.41, 5.74) is 4.18. The molecule has 0 heterocycles. The molecule has 0 aliphatic carbocycles. The summed E-state index contributed by atoms with van der Waals surface area (Å²) < 4.78 is 0. The van der Waals surface area contributed by atoms with E-state index in [0.29, 0.717) is 0 Å². The third-order valence-corrected chi connectivity index (χ3v) is 2.56. The van der Waals surface area contributed by atoms with Crippen molar-refractivity contribution in [2.75, 3.05) is 0 Å². The predicted octanol–water partition coefficient (Wildman–Crippen LogP) is 4.70. The average Bonchev–Trinajstić information content (AvgIpc) is 2.18. The van der Waals surface area contributed by atoms with Crippen molar-refractivity contribution in [3.8, 4) is 0 Å². The lowest BCUT2D eigenvalue weighted by molar-refractivity contribution is 0.647. The van der Waals surface area contributed by atoms with Crippen molar-refractivity contribution in [1.82, 2.24) is 0 Å². The number of hydrogen-bond donors (Lipinski definition) is 0. The molecule has 82 valence electrons. The van der Waals surface area contributed by atoms with Crippen molar-refractivity contribution in [3.05, 3.63) is 41.5 Å². The van der Waals surface area contributed by atoms with Crippen LogP contribution in [-0.2, 0) is 6.42 Å². The summed E-state index contributed by atoms with van der Waals surface area (Å²) in [6.45, 7) is 8.88. The minimum absolute atomic E-state index is 0.739. The van der Waals surface area contributed by atoms with Gasteiger partial charge >= 0.3 is 0 Å². The van der Waals surface area contributed by atoms with Gasteiger partial charge in [0.05, 0.1) is 0 Å². The Hall–Kier alpha value is -1.04. The molecule has 0 aliphatic heterocycles. The maximum absolute atomic E-state index is 2.28. The Kier molecular flexibility index (Phi) is 4.61. The second-order valence-corrected chi connectivity index (χ2v) is 4.59. The van der Waals surface area contributed by atoms with Crippen LogP contribution in [0.15, 0.2) is 30.3 Å². The molecule has 0 fully saturated rings. The quantitative estimate of drug-likeness (QED) is 0.664. The van der Waals surface area contributed by atoms with Crippen LogP contribution in [0.4, 0.5) is 0 Å². The second-order valence-electron chi connectivity index (χ2n) is 4.59. The maximum atomic E-state index is 2.28. The van der Waals surface area contributed by atoms with Crippen LogP contribution in [-0.4, -0.2) is 0 Å². The minimum Gasteiger partial charge on any atom is -0.0813 e. The molecule has 0 aliphatic rings. The number of rotatable bonds is 4. The van der Waals surface area contributed by atoms with Gasteiger partial charge < -0.3 is 0 Å². The fourth-order valence-corrected chi connectivity index (χ4v) is 1.80. The van der Waals surface area contributed by atoms with E-state index in [9.17, 15) is 0 Å². The Bertz CT molecular complexity index is 314. The van der Waals surface area contributed by atoms with Crippen molar-refractivity contribution in [2.45, 2.75) is 40.5 Å². The molecule has 1 aromatic carbocycles. The first-order chi connectivity index (χ1) is 7.13. The lowest BCUT2D eigenvalue weighted by atomic mass is 9.99. The fraction of sp³-hybridized carbons (Fsp3) is 0.467. The number of hydrogen-bond acceptors (Lipinski definition) is 0. The molecule has 0 amide bonds.